The Morgan fingerprint density at radius 2 is 2.00 bits per heavy atom. The Kier molecular flexibility index (Phi) is 8.11. The van der Waals surface area contributed by atoms with Crippen molar-refractivity contribution in [1.29, 1.82) is 0 Å². The number of aryl methyl sites for hydroxylation is 2. The number of carboxylic acid groups (broad SMARTS) is 1. The number of carboxylic acids is 1. The topological polar surface area (TPSA) is 120 Å². The minimum atomic E-state index is -0.760. The number of ether oxygens (including phenoxy) is 2. The van der Waals surface area contributed by atoms with E-state index in [1.807, 2.05) is 24.0 Å². The molecule has 3 heterocycles. The summed E-state index contributed by atoms with van der Waals surface area (Å²) in [6.45, 7) is 6.98. The number of carbonyl (C=O) groups excluding carboxylic acids is 1. The number of nitrogens with zero attached hydrogens (tertiary/aromatic N) is 5. The third-order valence-corrected chi connectivity index (χ3v) is 7.18. The van der Waals surface area contributed by atoms with E-state index >= 15 is 0 Å². The Balaban J connectivity index is 1.42. The molecule has 10 heteroatoms. The van der Waals surface area contributed by atoms with E-state index in [1.54, 1.807) is 11.7 Å². The lowest BCUT2D eigenvalue weighted by atomic mass is 9.87. The fourth-order valence-corrected chi connectivity index (χ4v) is 5.28. The third-order valence-electron chi connectivity index (χ3n) is 7.18. The van der Waals surface area contributed by atoms with Gasteiger partial charge in [0, 0.05) is 19.6 Å². The lowest BCUT2D eigenvalue weighted by molar-refractivity contribution is -0.143. The molecule has 2 aromatic rings. The second-order valence-corrected chi connectivity index (χ2v) is 10.4. The van der Waals surface area contributed by atoms with Crippen LogP contribution in [0.1, 0.15) is 70.2 Å². The van der Waals surface area contributed by atoms with Gasteiger partial charge in [0.05, 0.1) is 23.4 Å². The highest BCUT2D eigenvalue weighted by Crippen LogP contribution is 2.31. The van der Waals surface area contributed by atoms with Crippen LogP contribution >= 0.6 is 0 Å². The number of hydrogen-bond acceptors (Lipinski definition) is 7. The molecule has 1 unspecified atom stereocenters. The first kappa shape index (κ1) is 25.9. The van der Waals surface area contributed by atoms with Gasteiger partial charge in [0.1, 0.15) is 23.7 Å². The quantitative estimate of drug-likeness (QED) is 0.569. The van der Waals surface area contributed by atoms with E-state index in [-0.39, 0.29) is 30.8 Å². The first-order chi connectivity index (χ1) is 17.2. The third kappa shape index (κ3) is 5.96. The van der Waals surface area contributed by atoms with Crippen LogP contribution in [0.5, 0.6) is 5.75 Å². The minimum absolute atomic E-state index is 0.0557. The van der Waals surface area contributed by atoms with Crippen molar-refractivity contribution in [3.8, 4) is 17.1 Å². The number of hydrogen-bond donors (Lipinski definition) is 1. The van der Waals surface area contributed by atoms with Crippen molar-refractivity contribution in [3.05, 3.63) is 23.5 Å². The van der Waals surface area contributed by atoms with E-state index in [2.05, 4.69) is 29.1 Å². The molecule has 0 spiro atoms. The van der Waals surface area contributed by atoms with E-state index in [0.29, 0.717) is 47.3 Å². The summed E-state index contributed by atoms with van der Waals surface area (Å²) in [6, 6.07) is 3.88. The number of aliphatic carboxylic acids is 1. The van der Waals surface area contributed by atoms with Crippen LogP contribution in [0.4, 0.5) is 4.79 Å². The van der Waals surface area contributed by atoms with Crippen LogP contribution in [0.2, 0.25) is 0 Å². The number of rotatable bonds is 8. The van der Waals surface area contributed by atoms with E-state index in [9.17, 15) is 14.7 Å². The molecule has 1 N–H and O–H groups in total. The molecule has 1 saturated heterocycles. The zero-order valence-corrected chi connectivity index (χ0v) is 21.6. The summed E-state index contributed by atoms with van der Waals surface area (Å²) < 4.78 is 13.4. The molecule has 2 aromatic heterocycles. The maximum atomic E-state index is 12.8. The minimum Gasteiger partial charge on any atom is -0.489 e. The van der Waals surface area contributed by atoms with Crippen molar-refractivity contribution in [1.82, 2.24) is 24.9 Å². The maximum absolute atomic E-state index is 12.8. The summed E-state index contributed by atoms with van der Waals surface area (Å²) in [6.07, 6.45) is 5.42. The monoisotopic (exact) mass is 499 g/mol. The molecule has 0 bridgehead atoms. The predicted octanol–water partition coefficient (Wildman–Crippen LogP) is 4.35. The summed E-state index contributed by atoms with van der Waals surface area (Å²) >= 11 is 0. The van der Waals surface area contributed by atoms with Crippen molar-refractivity contribution in [3.63, 3.8) is 0 Å². The smallest absolute Gasteiger partial charge is 0.410 e. The van der Waals surface area contributed by atoms with Crippen LogP contribution in [0.15, 0.2) is 12.1 Å². The first-order valence-electron chi connectivity index (χ1n) is 12.9. The Labute approximate surface area is 212 Å². The van der Waals surface area contributed by atoms with Crippen LogP contribution in [-0.4, -0.2) is 60.7 Å². The summed E-state index contributed by atoms with van der Waals surface area (Å²) in [5.74, 6) is 0.0399. The van der Waals surface area contributed by atoms with Crippen LogP contribution < -0.4 is 4.74 Å². The molecular formula is C26H37N5O5. The second kappa shape index (κ2) is 11.3. The van der Waals surface area contributed by atoms with Crippen molar-refractivity contribution in [2.24, 2.45) is 18.9 Å². The molecule has 0 radical (unpaired) electrons. The molecule has 2 fully saturated rings. The van der Waals surface area contributed by atoms with Gasteiger partial charge < -0.3 is 19.5 Å². The van der Waals surface area contributed by atoms with Gasteiger partial charge in [-0.15, -0.1) is 5.10 Å². The van der Waals surface area contributed by atoms with Crippen LogP contribution in [0, 0.1) is 18.8 Å². The molecule has 2 aliphatic rings. The standard InChI is InChI=1S/C26H37N5O5/c1-16(2)13-19-8-6-12-31(19)26(34)35-15-22-24(28-29-30(22)4)21-10-11-23(17(3)27-21)36-20-9-5-7-18(14-20)25(32)33/h10-11,16,18-20H,5-9,12-15H2,1-4H3,(H,32,33)/t18-,19?,20-/m0/s1. The van der Waals surface area contributed by atoms with Gasteiger partial charge in [0.25, 0.3) is 0 Å². The second-order valence-electron chi connectivity index (χ2n) is 10.4. The van der Waals surface area contributed by atoms with Crippen LogP contribution in [0.25, 0.3) is 11.4 Å². The van der Waals surface area contributed by atoms with Gasteiger partial charge in [-0.25, -0.2) is 14.5 Å². The molecule has 10 nitrogen and oxygen atoms in total. The summed E-state index contributed by atoms with van der Waals surface area (Å²) in [5.41, 5.74) is 2.53. The Morgan fingerprint density at radius 1 is 1.19 bits per heavy atom. The SMILES string of the molecule is Cc1nc(-c2nnn(C)c2COC(=O)N2CCCC2CC(C)C)ccc1O[C@H]1CCC[C@H](C(=O)O)C1. The normalized spacial score (nSPS) is 22.1. The van der Waals surface area contributed by atoms with Gasteiger partial charge >= 0.3 is 12.1 Å². The van der Waals surface area contributed by atoms with E-state index in [4.69, 9.17) is 9.47 Å². The summed E-state index contributed by atoms with van der Waals surface area (Å²) in [5, 5.41) is 17.7. The lowest BCUT2D eigenvalue weighted by Gasteiger charge is -2.27. The van der Waals surface area contributed by atoms with E-state index < -0.39 is 5.97 Å². The van der Waals surface area contributed by atoms with Gasteiger partial charge in [-0.1, -0.05) is 19.1 Å². The Bertz CT molecular complexity index is 1080. The molecule has 4 rings (SSSR count). The number of pyridine rings is 1. The fourth-order valence-electron chi connectivity index (χ4n) is 5.28. The van der Waals surface area contributed by atoms with Crippen molar-refractivity contribution in [2.75, 3.05) is 6.54 Å². The lowest BCUT2D eigenvalue weighted by Crippen LogP contribution is -2.36. The van der Waals surface area contributed by atoms with Gasteiger partial charge in [-0.2, -0.15) is 0 Å². The Morgan fingerprint density at radius 3 is 2.72 bits per heavy atom. The Hall–Kier alpha value is -3.17. The molecule has 1 aliphatic heterocycles. The highest BCUT2D eigenvalue weighted by atomic mass is 16.6. The largest absolute Gasteiger partial charge is 0.489 e. The number of aromatic nitrogens is 4. The van der Waals surface area contributed by atoms with Crippen LogP contribution in [0.3, 0.4) is 0 Å². The van der Waals surface area contributed by atoms with E-state index in [0.717, 1.165) is 38.6 Å². The number of carbonyl (C=O) groups is 2. The number of amides is 1. The highest BCUT2D eigenvalue weighted by Gasteiger charge is 2.31. The van der Waals surface area contributed by atoms with E-state index in [1.165, 1.54) is 0 Å². The molecule has 1 aliphatic carbocycles. The molecule has 0 aromatic carbocycles. The first-order valence-corrected chi connectivity index (χ1v) is 12.9. The number of likely N-dealkylation sites (tertiary alicyclic amines) is 1. The average Bonchev–Trinajstić information content (AvgIpc) is 3.45. The van der Waals surface area contributed by atoms with Gasteiger partial charge in [-0.3, -0.25) is 4.79 Å². The zero-order valence-electron chi connectivity index (χ0n) is 21.6. The summed E-state index contributed by atoms with van der Waals surface area (Å²) in [4.78, 5) is 30.7. The summed E-state index contributed by atoms with van der Waals surface area (Å²) in [7, 11) is 1.77. The van der Waals surface area contributed by atoms with Gasteiger partial charge in [-0.05, 0) is 69.9 Å². The highest BCUT2D eigenvalue weighted by molar-refractivity contribution is 5.70. The van der Waals surface area contributed by atoms with Gasteiger partial charge in [0.15, 0.2) is 0 Å². The molecule has 36 heavy (non-hydrogen) atoms. The average molecular weight is 500 g/mol. The maximum Gasteiger partial charge on any atom is 0.410 e. The molecule has 1 amide bonds. The fraction of sp³-hybridized carbons (Fsp3) is 0.654. The zero-order chi connectivity index (χ0) is 25.8. The molecule has 196 valence electrons. The molecule has 1 saturated carbocycles. The van der Waals surface area contributed by atoms with Crippen LogP contribution in [-0.2, 0) is 23.2 Å². The predicted molar refractivity (Wildman–Crippen MR) is 132 cm³/mol. The van der Waals surface area contributed by atoms with Crippen molar-refractivity contribution >= 4 is 12.1 Å². The molecular weight excluding hydrogens is 462 g/mol. The molecule has 3 atom stereocenters. The van der Waals surface area contributed by atoms with Crippen molar-refractivity contribution in [2.45, 2.75) is 84.5 Å². The van der Waals surface area contributed by atoms with Gasteiger partial charge in [0.2, 0.25) is 0 Å². The van der Waals surface area contributed by atoms with Crippen molar-refractivity contribution < 1.29 is 24.2 Å².